The fourth-order valence-corrected chi connectivity index (χ4v) is 3.05. The summed E-state index contributed by atoms with van der Waals surface area (Å²) in [5.74, 6) is 1.93. The number of hydrogen-bond acceptors (Lipinski definition) is 3. The number of nitrogens with zero attached hydrogens (tertiary/aromatic N) is 1. The van der Waals surface area contributed by atoms with Crippen LogP contribution < -0.4 is 5.32 Å². The molecule has 17 heavy (non-hydrogen) atoms. The third kappa shape index (κ3) is 6.68. The molecule has 0 fully saturated rings. The molecule has 2 unspecified atom stereocenters. The smallest absolute Gasteiger partial charge is 0.0243 e. The zero-order chi connectivity index (χ0) is 13.4. The Bertz CT molecular complexity index is 183. The van der Waals surface area contributed by atoms with Crippen LogP contribution in [-0.2, 0) is 0 Å². The van der Waals surface area contributed by atoms with Crippen molar-refractivity contribution in [2.24, 2.45) is 5.92 Å². The highest BCUT2D eigenvalue weighted by Gasteiger charge is 2.23. The molecule has 0 bridgehead atoms. The van der Waals surface area contributed by atoms with Crippen molar-refractivity contribution in [1.29, 1.82) is 0 Å². The van der Waals surface area contributed by atoms with Crippen LogP contribution in [0.1, 0.15) is 41.0 Å². The lowest BCUT2D eigenvalue weighted by Gasteiger charge is -2.37. The molecule has 0 heterocycles. The molecule has 0 radical (unpaired) electrons. The molecule has 0 saturated heterocycles. The predicted octanol–water partition coefficient (Wildman–Crippen LogP) is 3.08. The van der Waals surface area contributed by atoms with E-state index in [4.69, 9.17) is 0 Å². The normalized spacial score (nSPS) is 15.9. The minimum absolute atomic E-state index is 0.574. The molecule has 2 nitrogen and oxygen atoms in total. The standard InChI is InChI=1S/C14H32N2S/c1-8-13(10-17-7)16(6)14(11(2)3)9-15-12(4)5/h11-15H,8-10H2,1-7H3. The molecule has 0 aromatic heterocycles. The summed E-state index contributed by atoms with van der Waals surface area (Å²) in [5.41, 5.74) is 0. The van der Waals surface area contributed by atoms with E-state index in [-0.39, 0.29) is 0 Å². The molecule has 104 valence electrons. The first-order valence-electron chi connectivity index (χ1n) is 6.88. The van der Waals surface area contributed by atoms with Gasteiger partial charge in [-0.1, -0.05) is 34.6 Å². The van der Waals surface area contributed by atoms with Crippen LogP contribution in [0.4, 0.5) is 0 Å². The van der Waals surface area contributed by atoms with Crippen molar-refractivity contribution >= 4 is 11.8 Å². The molecule has 0 aromatic rings. The van der Waals surface area contributed by atoms with Gasteiger partial charge in [0, 0.05) is 30.4 Å². The molecule has 1 N–H and O–H groups in total. The van der Waals surface area contributed by atoms with E-state index >= 15 is 0 Å². The molecular weight excluding hydrogens is 228 g/mol. The van der Waals surface area contributed by atoms with Crippen LogP contribution >= 0.6 is 11.8 Å². The summed E-state index contributed by atoms with van der Waals surface area (Å²) in [7, 11) is 2.29. The van der Waals surface area contributed by atoms with Crippen LogP contribution in [0.3, 0.4) is 0 Å². The molecule has 0 amide bonds. The van der Waals surface area contributed by atoms with E-state index in [0.29, 0.717) is 24.0 Å². The van der Waals surface area contributed by atoms with Gasteiger partial charge in [-0.25, -0.2) is 0 Å². The Kier molecular flexibility index (Phi) is 9.38. The van der Waals surface area contributed by atoms with Gasteiger partial charge in [-0.3, -0.25) is 4.90 Å². The summed E-state index contributed by atoms with van der Waals surface area (Å²) in [5, 5.41) is 3.58. The van der Waals surface area contributed by atoms with Crippen molar-refractivity contribution < 1.29 is 0 Å². The van der Waals surface area contributed by atoms with Gasteiger partial charge in [-0.2, -0.15) is 11.8 Å². The van der Waals surface area contributed by atoms with E-state index < -0.39 is 0 Å². The Hall–Kier alpha value is 0.270. The summed E-state index contributed by atoms with van der Waals surface area (Å²) in [6.07, 6.45) is 3.44. The Labute approximate surface area is 113 Å². The number of likely N-dealkylation sites (N-methyl/N-ethyl adjacent to an activating group) is 1. The van der Waals surface area contributed by atoms with Gasteiger partial charge < -0.3 is 5.32 Å². The Morgan fingerprint density at radius 3 is 2.12 bits per heavy atom. The van der Waals surface area contributed by atoms with Crippen molar-refractivity contribution in [3.63, 3.8) is 0 Å². The largest absolute Gasteiger partial charge is 0.313 e. The minimum atomic E-state index is 0.574. The van der Waals surface area contributed by atoms with Crippen LogP contribution in [0.25, 0.3) is 0 Å². The second kappa shape index (κ2) is 9.23. The van der Waals surface area contributed by atoms with E-state index in [9.17, 15) is 0 Å². The maximum Gasteiger partial charge on any atom is 0.0243 e. The number of hydrogen-bond donors (Lipinski definition) is 1. The van der Waals surface area contributed by atoms with Gasteiger partial charge in [-0.05, 0) is 25.6 Å². The fraction of sp³-hybridized carbons (Fsp3) is 1.00. The van der Waals surface area contributed by atoms with E-state index in [2.05, 4.69) is 58.1 Å². The summed E-state index contributed by atoms with van der Waals surface area (Å²) < 4.78 is 0. The molecule has 0 saturated carbocycles. The van der Waals surface area contributed by atoms with E-state index in [1.807, 2.05) is 11.8 Å². The number of rotatable bonds is 9. The second-order valence-corrected chi connectivity index (χ2v) is 6.47. The molecule has 0 aromatic carbocycles. The van der Waals surface area contributed by atoms with Gasteiger partial charge in [0.25, 0.3) is 0 Å². The van der Waals surface area contributed by atoms with E-state index in [1.54, 1.807) is 0 Å². The molecule has 0 spiro atoms. The van der Waals surface area contributed by atoms with Crippen molar-refractivity contribution in [2.45, 2.75) is 59.2 Å². The summed E-state index contributed by atoms with van der Waals surface area (Å²) in [6.45, 7) is 12.5. The Balaban J connectivity index is 4.44. The summed E-state index contributed by atoms with van der Waals surface area (Å²) in [6, 6.07) is 1.91. The molecule has 0 aliphatic heterocycles. The number of nitrogens with one attached hydrogen (secondary N) is 1. The molecular formula is C14H32N2S. The SMILES string of the molecule is CCC(CSC)N(C)C(CNC(C)C)C(C)C. The van der Waals surface area contributed by atoms with Crippen molar-refractivity contribution in [1.82, 2.24) is 10.2 Å². The molecule has 2 atom stereocenters. The molecule has 0 aliphatic carbocycles. The lowest BCUT2D eigenvalue weighted by atomic mass is 10.0. The quantitative estimate of drug-likeness (QED) is 0.686. The average Bonchev–Trinajstić information content (AvgIpc) is 2.24. The highest BCUT2D eigenvalue weighted by atomic mass is 32.2. The summed E-state index contributed by atoms with van der Waals surface area (Å²) in [4.78, 5) is 2.58. The molecule has 0 rings (SSSR count). The molecule has 0 aliphatic rings. The Morgan fingerprint density at radius 1 is 1.18 bits per heavy atom. The highest BCUT2D eigenvalue weighted by Crippen LogP contribution is 2.16. The monoisotopic (exact) mass is 260 g/mol. The second-order valence-electron chi connectivity index (χ2n) is 5.56. The van der Waals surface area contributed by atoms with Gasteiger partial charge in [-0.15, -0.1) is 0 Å². The van der Waals surface area contributed by atoms with Gasteiger partial charge >= 0.3 is 0 Å². The van der Waals surface area contributed by atoms with Crippen molar-refractivity contribution in [3.8, 4) is 0 Å². The zero-order valence-corrected chi connectivity index (χ0v) is 13.6. The fourth-order valence-electron chi connectivity index (χ4n) is 2.19. The van der Waals surface area contributed by atoms with Crippen LogP contribution in [0, 0.1) is 5.92 Å². The third-order valence-electron chi connectivity index (χ3n) is 3.43. The van der Waals surface area contributed by atoms with Crippen molar-refractivity contribution in [2.75, 3.05) is 25.6 Å². The van der Waals surface area contributed by atoms with Crippen LogP contribution in [0.2, 0.25) is 0 Å². The van der Waals surface area contributed by atoms with Gasteiger partial charge in [0.2, 0.25) is 0 Å². The van der Waals surface area contributed by atoms with Crippen LogP contribution in [0.15, 0.2) is 0 Å². The first-order chi connectivity index (χ1) is 7.93. The van der Waals surface area contributed by atoms with E-state index in [0.717, 1.165) is 6.54 Å². The van der Waals surface area contributed by atoms with E-state index in [1.165, 1.54) is 12.2 Å². The van der Waals surface area contributed by atoms with Crippen LogP contribution in [0.5, 0.6) is 0 Å². The summed E-state index contributed by atoms with van der Waals surface area (Å²) >= 11 is 1.95. The highest BCUT2D eigenvalue weighted by molar-refractivity contribution is 7.98. The topological polar surface area (TPSA) is 15.3 Å². The molecule has 3 heteroatoms. The lowest BCUT2D eigenvalue weighted by Crippen LogP contribution is -2.50. The zero-order valence-electron chi connectivity index (χ0n) is 12.8. The first-order valence-corrected chi connectivity index (χ1v) is 8.27. The van der Waals surface area contributed by atoms with Crippen LogP contribution in [-0.4, -0.2) is 48.6 Å². The van der Waals surface area contributed by atoms with Gasteiger partial charge in [0.1, 0.15) is 0 Å². The maximum atomic E-state index is 3.58. The maximum absolute atomic E-state index is 3.58. The number of thioether (sulfide) groups is 1. The minimum Gasteiger partial charge on any atom is -0.313 e. The lowest BCUT2D eigenvalue weighted by molar-refractivity contribution is 0.139. The third-order valence-corrected chi connectivity index (χ3v) is 4.15. The van der Waals surface area contributed by atoms with Crippen molar-refractivity contribution in [3.05, 3.63) is 0 Å². The first kappa shape index (κ1) is 17.3. The van der Waals surface area contributed by atoms with Gasteiger partial charge in [0.15, 0.2) is 0 Å². The Morgan fingerprint density at radius 2 is 1.76 bits per heavy atom. The average molecular weight is 260 g/mol. The predicted molar refractivity (Wildman–Crippen MR) is 82.0 cm³/mol. The van der Waals surface area contributed by atoms with Gasteiger partial charge in [0.05, 0.1) is 0 Å².